The molecule has 0 atom stereocenters. The van der Waals surface area contributed by atoms with Crippen molar-refractivity contribution >= 4 is 16.7 Å². The number of aromatic nitrogens is 4. The van der Waals surface area contributed by atoms with Gasteiger partial charge in [-0.15, -0.1) is 0 Å². The number of anilines is 1. The molecule has 6 nitrogen and oxygen atoms in total. The van der Waals surface area contributed by atoms with Crippen molar-refractivity contribution in [1.29, 1.82) is 0 Å². The fourth-order valence-corrected chi connectivity index (χ4v) is 3.45. The summed E-state index contributed by atoms with van der Waals surface area (Å²) in [7, 11) is 0. The molecule has 0 aromatic carbocycles. The smallest absolute Gasteiger partial charge is 0.260 e. The van der Waals surface area contributed by atoms with Gasteiger partial charge in [0.15, 0.2) is 0 Å². The second-order valence-corrected chi connectivity index (χ2v) is 6.61. The number of nitrogens with one attached hydrogen (secondary N) is 1. The van der Waals surface area contributed by atoms with Gasteiger partial charge in [0.05, 0.1) is 22.3 Å². The van der Waals surface area contributed by atoms with Gasteiger partial charge in [-0.25, -0.2) is 4.98 Å². The monoisotopic (exact) mass is 343 g/mol. The molecule has 1 aliphatic rings. The quantitative estimate of drug-likeness (QED) is 0.597. The van der Waals surface area contributed by atoms with Crippen molar-refractivity contribution in [1.82, 2.24) is 19.5 Å². The molecule has 26 heavy (non-hydrogen) atoms. The molecule has 1 fully saturated rings. The van der Waals surface area contributed by atoms with Crippen LogP contribution in [0.3, 0.4) is 0 Å². The van der Waals surface area contributed by atoms with Crippen molar-refractivity contribution in [2.24, 2.45) is 0 Å². The normalized spacial score (nSPS) is 14.0. The third-order valence-electron chi connectivity index (χ3n) is 4.81. The number of hydrogen-bond acceptors (Lipinski definition) is 4. The van der Waals surface area contributed by atoms with Crippen LogP contribution in [0.1, 0.15) is 18.9 Å². The topological polar surface area (TPSA) is 89.6 Å². The van der Waals surface area contributed by atoms with Gasteiger partial charge >= 0.3 is 0 Å². The molecule has 4 heterocycles. The van der Waals surface area contributed by atoms with Crippen molar-refractivity contribution in [2.45, 2.75) is 18.9 Å². The first kappa shape index (κ1) is 14.9. The number of fused-ring (bicyclic) bond motifs is 1. The lowest BCUT2D eigenvalue weighted by Gasteiger charge is -2.06. The van der Waals surface area contributed by atoms with E-state index in [-0.39, 0.29) is 5.56 Å². The number of rotatable bonds is 3. The second-order valence-electron chi connectivity index (χ2n) is 6.61. The van der Waals surface area contributed by atoms with Crippen LogP contribution < -0.4 is 11.3 Å². The van der Waals surface area contributed by atoms with Gasteiger partial charge in [0, 0.05) is 35.8 Å². The summed E-state index contributed by atoms with van der Waals surface area (Å²) >= 11 is 0. The van der Waals surface area contributed by atoms with E-state index in [4.69, 9.17) is 5.73 Å². The first-order valence-corrected chi connectivity index (χ1v) is 8.62. The number of nitrogen functional groups attached to an aromatic ring is 1. The Balaban J connectivity index is 1.88. The number of hydrogen-bond donors (Lipinski definition) is 2. The molecule has 0 aliphatic heterocycles. The zero-order valence-corrected chi connectivity index (χ0v) is 14.0. The molecule has 0 amide bonds. The average Bonchev–Trinajstić information content (AvgIpc) is 3.42. The summed E-state index contributed by atoms with van der Waals surface area (Å²) in [6.07, 6.45) is 7.40. The van der Waals surface area contributed by atoms with Crippen molar-refractivity contribution in [3.63, 3.8) is 0 Å². The summed E-state index contributed by atoms with van der Waals surface area (Å²) in [5, 5.41) is 0.670. The minimum absolute atomic E-state index is 0.0233. The van der Waals surface area contributed by atoms with E-state index in [1.165, 1.54) is 0 Å². The molecule has 0 spiro atoms. The molecular weight excluding hydrogens is 326 g/mol. The predicted molar refractivity (Wildman–Crippen MR) is 102 cm³/mol. The number of pyridine rings is 3. The van der Waals surface area contributed by atoms with Crippen LogP contribution in [0.5, 0.6) is 0 Å². The summed E-state index contributed by atoms with van der Waals surface area (Å²) in [6, 6.07) is 11.7. The van der Waals surface area contributed by atoms with E-state index in [2.05, 4.69) is 15.0 Å². The first-order valence-electron chi connectivity index (χ1n) is 8.62. The minimum Gasteiger partial charge on any atom is -0.384 e. The molecule has 0 unspecified atom stereocenters. The lowest BCUT2D eigenvalue weighted by atomic mass is 10.0. The molecule has 0 bridgehead atoms. The highest BCUT2D eigenvalue weighted by molar-refractivity contribution is 6.02. The molecule has 1 saturated carbocycles. The van der Waals surface area contributed by atoms with Gasteiger partial charge in [-0.3, -0.25) is 9.78 Å². The lowest BCUT2D eigenvalue weighted by molar-refractivity contribution is 0.714. The highest BCUT2D eigenvalue weighted by Gasteiger charge is 2.27. The fraction of sp³-hybridized carbons (Fsp3) is 0.150. The molecule has 1 aliphatic carbocycles. The zero-order valence-electron chi connectivity index (χ0n) is 14.0. The van der Waals surface area contributed by atoms with Crippen LogP contribution >= 0.6 is 0 Å². The zero-order chi connectivity index (χ0) is 17.7. The maximum absolute atomic E-state index is 13.2. The lowest BCUT2D eigenvalue weighted by Crippen LogP contribution is -2.18. The fourth-order valence-electron chi connectivity index (χ4n) is 3.45. The summed E-state index contributed by atoms with van der Waals surface area (Å²) in [5.74, 6) is 0.434. The Labute approximate surface area is 149 Å². The van der Waals surface area contributed by atoms with Crippen molar-refractivity contribution in [3.8, 4) is 22.5 Å². The summed E-state index contributed by atoms with van der Waals surface area (Å²) < 4.78 is 1.84. The average molecular weight is 343 g/mol. The molecular formula is C20H17N5O. The van der Waals surface area contributed by atoms with Crippen molar-refractivity contribution in [3.05, 3.63) is 65.3 Å². The van der Waals surface area contributed by atoms with Crippen LogP contribution in [0.25, 0.3) is 33.4 Å². The number of aromatic amines is 1. The minimum atomic E-state index is 0.0233. The highest BCUT2D eigenvalue weighted by atomic mass is 16.1. The molecule has 3 N–H and O–H groups in total. The summed E-state index contributed by atoms with van der Waals surface area (Å²) in [5.41, 5.74) is 9.98. The van der Waals surface area contributed by atoms with Crippen LogP contribution in [-0.4, -0.2) is 19.5 Å². The second kappa shape index (κ2) is 5.56. The van der Waals surface area contributed by atoms with E-state index in [0.717, 1.165) is 40.9 Å². The standard InChI is InChI=1S/C20H17N5O/c21-16-11-12(6-9-23-16)19-17(14-3-1-2-8-22-14)18-15(24-19)7-10-25(20(18)26)13-4-5-13/h1-3,6-11,13,24H,4-5H2,(H2,21,23). The predicted octanol–water partition coefficient (Wildman–Crippen LogP) is 3.37. The Morgan fingerprint density at radius 3 is 2.73 bits per heavy atom. The maximum Gasteiger partial charge on any atom is 0.260 e. The third-order valence-corrected chi connectivity index (χ3v) is 4.81. The van der Waals surface area contributed by atoms with E-state index in [1.54, 1.807) is 18.5 Å². The summed E-state index contributed by atoms with van der Waals surface area (Å²) in [4.78, 5) is 25.2. The molecule has 4 aromatic rings. The van der Waals surface area contributed by atoms with E-state index in [0.29, 0.717) is 17.2 Å². The van der Waals surface area contributed by atoms with E-state index in [9.17, 15) is 4.79 Å². The Morgan fingerprint density at radius 1 is 1.12 bits per heavy atom. The van der Waals surface area contributed by atoms with Gasteiger partial charge in [-0.05, 0) is 43.2 Å². The molecule has 6 heteroatoms. The van der Waals surface area contributed by atoms with Crippen LogP contribution in [0.15, 0.2) is 59.8 Å². The number of nitrogens with two attached hydrogens (primary N) is 1. The van der Waals surface area contributed by atoms with Gasteiger partial charge in [0.25, 0.3) is 5.56 Å². The molecule has 5 rings (SSSR count). The van der Waals surface area contributed by atoms with Crippen LogP contribution in [0.2, 0.25) is 0 Å². The Morgan fingerprint density at radius 2 is 2.00 bits per heavy atom. The first-order chi connectivity index (χ1) is 12.7. The maximum atomic E-state index is 13.2. The largest absolute Gasteiger partial charge is 0.384 e. The van der Waals surface area contributed by atoms with Gasteiger partial charge in [0.1, 0.15) is 5.82 Å². The van der Waals surface area contributed by atoms with Crippen molar-refractivity contribution < 1.29 is 0 Å². The van der Waals surface area contributed by atoms with Gasteiger partial charge in [-0.2, -0.15) is 0 Å². The SMILES string of the molecule is Nc1cc(-c2[nH]c3ccn(C4CC4)c(=O)c3c2-c2ccccn2)ccn1. The Bertz CT molecular complexity index is 1170. The molecule has 4 aromatic heterocycles. The van der Waals surface area contributed by atoms with E-state index in [1.807, 2.05) is 41.1 Å². The van der Waals surface area contributed by atoms with Gasteiger partial charge < -0.3 is 15.3 Å². The Hall–Kier alpha value is -3.41. The molecule has 128 valence electrons. The Kier molecular flexibility index (Phi) is 3.18. The van der Waals surface area contributed by atoms with Gasteiger partial charge in [-0.1, -0.05) is 6.07 Å². The van der Waals surface area contributed by atoms with Crippen molar-refractivity contribution in [2.75, 3.05) is 5.73 Å². The molecule has 0 saturated heterocycles. The number of nitrogens with zero attached hydrogens (tertiary/aromatic N) is 3. The van der Waals surface area contributed by atoms with Crippen LogP contribution in [-0.2, 0) is 0 Å². The number of H-pyrrole nitrogens is 1. The summed E-state index contributed by atoms with van der Waals surface area (Å²) in [6.45, 7) is 0. The molecule has 0 radical (unpaired) electrons. The van der Waals surface area contributed by atoms with Gasteiger partial charge in [0.2, 0.25) is 0 Å². The van der Waals surface area contributed by atoms with E-state index >= 15 is 0 Å². The highest BCUT2D eigenvalue weighted by Crippen LogP contribution is 2.38. The van der Waals surface area contributed by atoms with Crippen LogP contribution in [0.4, 0.5) is 5.82 Å². The third kappa shape index (κ3) is 2.30. The van der Waals surface area contributed by atoms with E-state index < -0.39 is 0 Å². The van der Waals surface area contributed by atoms with Crippen LogP contribution in [0, 0.1) is 0 Å².